The van der Waals surface area contributed by atoms with E-state index < -0.39 is 0 Å². The van der Waals surface area contributed by atoms with Gasteiger partial charge in [-0.05, 0) is 30.7 Å². The normalized spacial score (nSPS) is 18.3. The van der Waals surface area contributed by atoms with Gasteiger partial charge in [-0.3, -0.25) is 4.79 Å². The van der Waals surface area contributed by atoms with Gasteiger partial charge in [-0.25, -0.2) is 0 Å². The van der Waals surface area contributed by atoms with Gasteiger partial charge in [0.15, 0.2) is 0 Å². The molecule has 0 aromatic heterocycles. The van der Waals surface area contributed by atoms with Gasteiger partial charge >= 0.3 is 0 Å². The number of amides is 1. The predicted molar refractivity (Wildman–Crippen MR) is 77.9 cm³/mol. The van der Waals surface area contributed by atoms with Gasteiger partial charge < -0.3 is 10.6 Å². The number of hydrogen-bond donors (Lipinski definition) is 1. The molecule has 104 valence electrons. The van der Waals surface area contributed by atoms with Crippen molar-refractivity contribution < 1.29 is 4.79 Å². The minimum Gasteiger partial charge on any atom is -0.343 e. The molecule has 1 aromatic rings. The van der Waals surface area contributed by atoms with Gasteiger partial charge in [-0.1, -0.05) is 37.3 Å². The first kappa shape index (κ1) is 14.1. The monoisotopic (exact) mass is 260 g/mol. The Hall–Kier alpha value is -1.35. The van der Waals surface area contributed by atoms with E-state index in [1.165, 1.54) is 5.56 Å². The lowest BCUT2D eigenvalue weighted by Gasteiger charge is -2.32. The second kappa shape index (κ2) is 6.71. The highest BCUT2D eigenvalue weighted by molar-refractivity contribution is 5.76. The van der Waals surface area contributed by atoms with Crippen LogP contribution in [-0.4, -0.2) is 29.9 Å². The molecule has 0 spiro atoms. The summed E-state index contributed by atoms with van der Waals surface area (Å²) < 4.78 is 0. The summed E-state index contributed by atoms with van der Waals surface area (Å²) in [4.78, 5) is 14.0. The van der Waals surface area contributed by atoms with Crippen LogP contribution >= 0.6 is 0 Å². The van der Waals surface area contributed by atoms with Crippen molar-refractivity contribution >= 4 is 5.91 Å². The minimum atomic E-state index is 0.0133. The highest BCUT2D eigenvalue weighted by Crippen LogP contribution is 2.27. The van der Waals surface area contributed by atoms with E-state index in [4.69, 9.17) is 5.73 Å². The Balaban J connectivity index is 1.84. The highest BCUT2D eigenvalue weighted by atomic mass is 16.2. The molecule has 1 saturated heterocycles. The maximum Gasteiger partial charge on any atom is 0.224 e. The summed E-state index contributed by atoms with van der Waals surface area (Å²) in [6.45, 7) is 3.77. The molecule has 1 heterocycles. The molecule has 19 heavy (non-hydrogen) atoms. The van der Waals surface area contributed by atoms with Crippen molar-refractivity contribution in [3.8, 4) is 0 Å². The fraction of sp³-hybridized carbons (Fsp3) is 0.562. The van der Waals surface area contributed by atoms with Gasteiger partial charge in [0.25, 0.3) is 0 Å². The third-order valence-electron chi connectivity index (χ3n) is 4.08. The summed E-state index contributed by atoms with van der Waals surface area (Å²) in [5.74, 6) is 0.825. The van der Waals surface area contributed by atoms with Crippen molar-refractivity contribution in [1.82, 2.24) is 4.90 Å². The minimum absolute atomic E-state index is 0.0133. The first-order chi connectivity index (χ1) is 9.20. The van der Waals surface area contributed by atoms with E-state index in [-0.39, 0.29) is 11.9 Å². The summed E-state index contributed by atoms with van der Waals surface area (Å²) in [7, 11) is 0. The number of rotatable bonds is 4. The Morgan fingerprint density at radius 3 is 2.53 bits per heavy atom. The number of benzene rings is 1. The SMILES string of the molecule is CCC(N)CC(=O)N1CCC(c2ccccc2)CC1. The molecule has 1 aliphatic rings. The van der Waals surface area contributed by atoms with E-state index in [9.17, 15) is 4.79 Å². The summed E-state index contributed by atoms with van der Waals surface area (Å²) in [6.07, 6.45) is 3.49. The molecule has 1 fully saturated rings. The van der Waals surface area contributed by atoms with Gasteiger partial charge in [0, 0.05) is 25.6 Å². The molecular formula is C16H24N2O. The summed E-state index contributed by atoms with van der Waals surface area (Å²) in [5, 5.41) is 0. The van der Waals surface area contributed by atoms with Crippen molar-refractivity contribution in [2.24, 2.45) is 5.73 Å². The first-order valence-corrected chi connectivity index (χ1v) is 7.29. The zero-order valence-electron chi connectivity index (χ0n) is 11.7. The largest absolute Gasteiger partial charge is 0.343 e. The maximum atomic E-state index is 12.1. The molecule has 2 N–H and O–H groups in total. The Morgan fingerprint density at radius 2 is 1.95 bits per heavy atom. The Bertz CT molecular complexity index is 396. The van der Waals surface area contributed by atoms with E-state index in [0.29, 0.717) is 12.3 Å². The molecule has 1 aliphatic heterocycles. The molecule has 0 bridgehead atoms. The number of nitrogens with zero attached hydrogens (tertiary/aromatic N) is 1. The topological polar surface area (TPSA) is 46.3 Å². The van der Waals surface area contributed by atoms with E-state index in [0.717, 1.165) is 32.4 Å². The average molecular weight is 260 g/mol. The molecule has 1 amide bonds. The summed E-state index contributed by atoms with van der Waals surface area (Å²) in [6, 6.07) is 10.6. The number of hydrogen-bond acceptors (Lipinski definition) is 2. The third-order valence-corrected chi connectivity index (χ3v) is 4.08. The molecule has 0 saturated carbocycles. The molecule has 1 unspecified atom stereocenters. The van der Waals surface area contributed by atoms with Crippen LogP contribution in [0, 0.1) is 0 Å². The number of likely N-dealkylation sites (tertiary alicyclic amines) is 1. The fourth-order valence-corrected chi connectivity index (χ4v) is 2.69. The second-order valence-electron chi connectivity index (χ2n) is 5.44. The van der Waals surface area contributed by atoms with Gasteiger partial charge in [0.1, 0.15) is 0 Å². The smallest absolute Gasteiger partial charge is 0.224 e. The molecule has 3 nitrogen and oxygen atoms in total. The molecule has 1 aromatic carbocycles. The van der Waals surface area contributed by atoms with Crippen molar-refractivity contribution in [3.05, 3.63) is 35.9 Å². The van der Waals surface area contributed by atoms with E-state index in [1.807, 2.05) is 17.9 Å². The van der Waals surface area contributed by atoms with Crippen molar-refractivity contribution in [3.63, 3.8) is 0 Å². The maximum absolute atomic E-state index is 12.1. The lowest BCUT2D eigenvalue weighted by molar-refractivity contribution is -0.132. The Morgan fingerprint density at radius 1 is 1.32 bits per heavy atom. The number of nitrogens with two attached hydrogens (primary N) is 1. The Labute approximate surface area is 115 Å². The summed E-state index contributed by atoms with van der Waals surface area (Å²) >= 11 is 0. The lowest BCUT2D eigenvalue weighted by Crippen LogP contribution is -2.40. The van der Waals surface area contributed by atoms with Gasteiger partial charge in [0.2, 0.25) is 5.91 Å². The molecule has 0 radical (unpaired) electrons. The van der Waals surface area contributed by atoms with Gasteiger partial charge in [-0.2, -0.15) is 0 Å². The van der Waals surface area contributed by atoms with Crippen LogP contribution in [0.3, 0.4) is 0 Å². The van der Waals surface area contributed by atoms with Crippen molar-refractivity contribution in [2.45, 2.75) is 44.6 Å². The van der Waals surface area contributed by atoms with Crippen LogP contribution in [-0.2, 0) is 4.79 Å². The zero-order chi connectivity index (χ0) is 13.7. The van der Waals surface area contributed by atoms with Crippen LogP contribution in [0.1, 0.15) is 44.1 Å². The first-order valence-electron chi connectivity index (χ1n) is 7.29. The van der Waals surface area contributed by atoms with Crippen LogP contribution in [0.15, 0.2) is 30.3 Å². The van der Waals surface area contributed by atoms with Crippen LogP contribution < -0.4 is 5.73 Å². The highest BCUT2D eigenvalue weighted by Gasteiger charge is 2.24. The lowest BCUT2D eigenvalue weighted by atomic mass is 9.89. The molecular weight excluding hydrogens is 236 g/mol. The van der Waals surface area contributed by atoms with Crippen LogP contribution in [0.25, 0.3) is 0 Å². The molecule has 2 rings (SSSR count). The molecule has 3 heteroatoms. The molecule has 1 atom stereocenters. The number of carbonyl (C=O) groups excluding carboxylic acids is 1. The predicted octanol–water partition coefficient (Wildman–Crippen LogP) is 2.52. The van der Waals surface area contributed by atoms with Crippen molar-refractivity contribution in [2.75, 3.05) is 13.1 Å². The number of carbonyl (C=O) groups is 1. The fourth-order valence-electron chi connectivity index (χ4n) is 2.69. The molecule has 0 aliphatic carbocycles. The van der Waals surface area contributed by atoms with E-state index in [2.05, 4.69) is 24.3 Å². The average Bonchev–Trinajstić information content (AvgIpc) is 2.48. The number of piperidine rings is 1. The van der Waals surface area contributed by atoms with E-state index in [1.54, 1.807) is 0 Å². The van der Waals surface area contributed by atoms with Crippen LogP contribution in [0.2, 0.25) is 0 Å². The standard InChI is InChI=1S/C16H24N2O/c1-2-15(17)12-16(19)18-10-8-14(9-11-18)13-6-4-3-5-7-13/h3-7,14-15H,2,8-12,17H2,1H3. The van der Waals surface area contributed by atoms with Crippen LogP contribution in [0.4, 0.5) is 0 Å². The van der Waals surface area contributed by atoms with Gasteiger partial charge in [-0.15, -0.1) is 0 Å². The zero-order valence-corrected chi connectivity index (χ0v) is 11.7. The second-order valence-corrected chi connectivity index (χ2v) is 5.44. The van der Waals surface area contributed by atoms with Crippen LogP contribution in [0.5, 0.6) is 0 Å². The van der Waals surface area contributed by atoms with Gasteiger partial charge in [0.05, 0.1) is 0 Å². The third kappa shape index (κ3) is 3.80. The van der Waals surface area contributed by atoms with Crippen molar-refractivity contribution in [1.29, 1.82) is 0 Å². The quantitative estimate of drug-likeness (QED) is 0.904. The summed E-state index contributed by atoms with van der Waals surface area (Å²) in [5.41, 5.74) is 7.25. The van der Waals surface area contributed by atoms with E-state index >= 15 is 0 Å². The Kier molecular flexibility index (Phi) is 4.97.